The standard InChI is InChI=1S/C3H5NO3.ClH/c1-6-7-4-2-3-5;/h2,4H,1H3;1H. The zero-order chi connectivity index (χ0) is 5.54. The van der Waals surface area contributed by atoms with Crippen LogP contribution in [-0.2, 0) is 14.7 Å². The van der Waals surface area contributed by atoms with Crippen molar-refractivity contribution in [2.45, 2.75) is 0 Å². The maximum atomic E-state index is 9.30. The second-order valence-corrected chi connectivity index (χ2v) is 0.630. The first kappa shape index (κ1) is 10.4. The highest BCUT2D eigenvalue weighted by molar-refractivity contribution is 5.85. The van der Waals surface area contributed by atoms with Gasteiger partial charge in [-0.3, -0.25) is 0 Å². The number of carbonyl (C=O) groups excluding carboxylic acids is 1. The Hall–Kier alpha value is -0.540. The Morgan fingerprint density at radius 2 is 2.38 bits per heavy atom. The first-order valence-corrected chi connectivity index (χ1v) is 1.56. The number of halogens is 1. The monoisotopic (exact) mass is 139 g/mol. The van der Waals surface area contributed by atoms with Gasteiger partial charge in [0.05, 0.1) is 7.11 Å². The van der Waals surface area contributed by atoms with Crippen LogP contribution in [0.2, 0.25) is 0 Å². The van der Waals surface area contributed by atoms with Gasteiger partial charge in [-0.2, -0.15) is 0 Å². The summed E-state index contributed by atoms with van der Waals surface area (Å²) in [5.74, 6) is 1.41. The van der Waals surface area contributed by atoms with E-state index in [4.69, 9.17) is 0 Å². The van der Waals surface area contributed by atoms with Crippen molar-refractivity contribution >= 4 is 18.3 Å². The van der Waals surface area contributed by atoms with Crippen LogP contribution in [-0.4, -0.2) is 13.1 Å². The fourth-order valence-corrected chi connectivity index (χ4v) is 0.0962. The van der Waals surface area contributed by atoms with Gasteiger partial charge in [0.2, 0.25) is 0 Å². The first-order valence-electron chi connectivity index (χ1n) is 1.56. The quantitative estimate of drug-likeness (QED) is 0.255. The molecule has 8 heavy (non-hydrogen) atoms. The highest BCUT2D eigenvalue weighted by Crippen LogP contribution is 1.58. The minimum Gasteiger partial charge on any atom is -0.232 e. The predicted molar refractivity (Wildman–Crippen MR) is 28.7 cm³/mol. The lowest BCUT2D eigenvalue weighted by Crippen LogP contribution is -2.04. The summed E-state index contributed by atoms with van der Waals surface area (Å²) in [5, 5.41) is 0. The summed E-state index contributed by atoms with van der Waals surface area (Å²) in [7, 11) is 1.31. The molecule has 0 radical (unpaired) electrons. The number of hydrogen-bond donors (Lipinski definition) is 1. The molecule has 0 heterocycles. The average Bonchev–Trinajstić information content (AvgIpc) is 1.69. The van der Waals surface area contributed by atoms with Gasteiger partial charge in [0, 0.05) is 0 Å². The molecule has 0 aliphatic carbocycles. The van der Waals surface area contributed by atoms with Gasteiger partial charge < -0.3 is 0 Å². The molecule has 0 aromatic rings. The summed E-state index contributed by atoms with van der Waals surface area (Å²) in [5.41, 5.74) is 2.01. The van der Waals surface area contributed by atoms with Crippen LogP contribution in [0.15, 0.2) is 6.20 Å². The van der Waals surface area contributed by atoms with Crippen molar-refractivity contribution in [2.24, 2.45) is 0 Å². The van der Waals surface area contributed by atoms with E-state index in [0.29, 0.717) is 0 Å². The molecular weight excluding hydrogens is 133 g/mol. The van der Waals surface area contributed by atoms with Gasteiger partial charge in [0.15, 0.2) is 0 Å². The second-order valence-electron chi connectivity index (χ2n) is 0.630. The Bertz CT molecular complexity index is 80.6. The topological polar surface area (TPSA) is 47.6 Å². The van der Waals surface area contributed by atoms with Crippen molar-refractivity contribution in [3.05, 3.63) is 6.20 Å². The van der Waals surface area contributed by atoms with E-state index in [9.17, 15) is 4.79 Å². The fraction of sp³-hybridized carbons (Fsp3) is 0.333. The molecule has 0 rings (SSSR count). The van der Waals surface area contributed by atoms with Crippen molar-refractivity contribution in [1.82, 2.24) is 5.48 Å². The molecule has 5 heteroatoms. The number of rotatable bonds is 3. The molecule has 0 bridgehead atoms. The Labute approximate surface area is 52.8 Å². The molecule has 0 aliphatic heterocycles. The maximum Gasteiger partial charge on any atom is 0.144 e. The zero-order valence-electron chi connectivity index (χ0n) is 4.21. The Morgan fingerprint density at radius 3 is 2.75 bits per heavy atom. The first-order chi connectivity index (χ1) is 3.41. The largest absolute Gasteiger partial charge is 0.232 e. The molecule has 0 fully saturated rings. The molecule has 0 atom stereocenters. The van der Waals surface area contributed by atoms with E-state index >= 15 is 0 Å². The molecular formula is C3H6ClNO3. The Kier molecular flexibility index (Phi) is 12.6. The summed E-state index contributed by atoms with van der Waals surface area (Å²) in [6.45, 7) is 0. The summed E-state index contributed by atoms with van der Waals surface area (Å²) in [6, 6.07) is 0. The van der Waals surface area contributed by atoms with Crippen molar-refractivity contribution in [1.29, 1.82) is 0 Å². The lowest BCUT2D eigenvalue weighted by atomic mass is 11.1. The van der Waals surface area contributed by atoms with E-state index in [0.717, 1.165) is 6.20 Å². The SMILES string of the molecule is COONC=C=O.Cl. The molecule has 0 aromatic carbocycles. The van der Waals surface area contributed by atoms with E-state index in [1.165, 1.54) is 13.1 Å². The maximum absolute atomic E-state index is 9.30. The van der Waals surface area contributed by atoms with Gasteiger partial charge in [-0.25, -0.2) is 15.2 Å². The van der Waals surface area contributed by atoms with Gasteiger partial charge in [0.1, 0.15) is 12.1 Å². The summed E-state index contributed by atoms with van der Waals surface area (Å²) >= 11 is 0. The van der Waals surface area contributed by atoms with Crippen LogP contribution < -0.4 is 5.48 Å². The molecule has 0 unspecified atom stereocenters. The molecule has 0 saturated carbocycles. The van der Waals surface area contributed by atoms with Crippen LogP contribution in [0.1, 0.15) is 0 Å². The third-order valence-corrected chi connectivity index (χ3v) is 0.249. The number of hydroxylamine groups is 1. The van der Waals surface area contributed by atoms with Crippen LogP contribution in [0.3, 0.4) is 0 Å². The third-order valence-electron chi connectivity index (χ3n) is 0.249. The molecule has 48 valence electrons. The van der Waals surface area contributed by atoms with Crippen LogP contribution in [0.4, 0.5) is 0 Å². The van der Waals surface area contributed by atoms with Gasteiger partial charge in [0.25, 0.3) is 0 Å². The van der Waals surface area contributed by atoms with Crippen molar-refractivity contribution in [3.63, 3.8) is 0 Å². The van der Waals surface area contributed by atoms with Crippen molar-refractivity contribution < 1.29 is 14.7 Å². The van der Waals surface area contributed by atoms with Crippen LogP contribution in [0, 0.1) is 0 Å². The summed E-state index contributed by atoms with van der Waals surface area (Å²) in [6.07, 6.45) is 0.934. The summed E-state index contributed by atoms with van der Waals surface area (Å²) < 4.78 is 0. The molecule has 1 N–H and O–H groups in total. The van der Waals surface area contributed by atoms with Crippen molar-refractivity contribution in [2.75, 3.05) is 7.11 Å². The average molecular weight is 140 g/mol. The third kappa shape index (κ3) is 9.07. The van der Waals surface area contributed by atoms with E-state index in [-0.39, 0.29) is 12.4 Å². The van der Waals surface area contributed by atoms with Gasteiger partial charge >= 0.3 is 0 Å². The highest BCUT2D eigenvalue weighted by atomic mass is 35.5. The highest BCUT2D eigenvalue weighted by Gasteiger charge is 1.67. The van der Waals surface area contributed by atoms with Crippen LogP contribution in [0.5, 0.6) is 0 Å². The number of nitrogens with one attached hydrogen (secondary N) is 1. The van der Waals surface area contributed by atoms with E-state index in [1.54, 1.807) is 0 Å². The Morgan fingerprint density at radius 1 is 1.75 bits per heavy atom. The van der Waals surface area contributed by atoms with Gasteiger partial charge in [-0.05, 0) is 0 Å². The molecule has 0 aliphatic rings. The van der Waals surface area contributed by atoms with E-state index in [1.807, 2.05) is 5.48 Å². The molecule has 0 aromatic heterocycles. The van der Waals surface area contributed by atoms with Crippen LogP contribution in [0.25, 0.3) is 0 Å². The van der Waals surface area contributed by atoms with Crippen LogP contribution >= 0.6 is 12.4 Å². The predicted octanol–water partition coefficient (Wildman–Crippen LogP) is -0.164. The lowest BCUT2D eigenvalue weighted by Gasteiger charge is -1.89. The molecule has 0 amide bonds. The van der Waals surface area contributed by atoms with E-state index in [2.05, 4.69) is 9.88 Å². The molecule has 0 saturated heterocycles. The normalized spacial score (nSPS) is 6.12. The minimum atomic E-state index is 0. The molecule has 0 spiro atoms. The summed E-state index contributed by atoms with van der Waals surface area (Å²) in [4.78, 5) is 17.3. The van der Waals surface area contributed by atoms with Gasteiger partial charge in [-0.1, -0.05) is 0 Å². The zero-order valence-corrected chi connectivity index (χ0v) is 5.03. The van der Waals surface area contributed by atoms with Gasteiger partial charge in [-0.15, -0.1) is 17.4 Å². The minimum absolute atomic E-state index is 0. The number of hydrogen-bond acceptors (Lipinski definition) is 4. The second kappa shape index (κ2) is 9.68. The molecule has 4 nitrogen and oxygen atoms in total. The van der Waals surface area contributed by atoms with Crippen molar-refractivity contribution in [3.8, 4) is 0 Å². The lowest BCUT2D eigenvalue weighted by molar-refractivity contribution is -0.306. The Balaban J connectivity index is 0. The smallest absolute Gasteiger partial charge is 0.144 e. The fourth-order valence-electron chi connectivity index (χ4n) is 0.0962. The van der Waals surface area contributed by atoms with E-state index < -0.39 is 0 Å².